The fourth-order valence-corrected chi connectivity index (χ4v) is 3.68. The van der Waals surface area contributed by atoms with Crippen molar-refractivity contribution in [2.45, 2.75) is 38.8 Å². The number of furan rings is 1. The maximum atomic E-state index is 5.64. The third-order valence-electron chi connectivity index (χ3n) is 5.32. The lowest BCUT2D eigenvalue weighted by atomic mass is 10.0. The van der Waals surface area contributed by atoms with Crippen LogP contribution in [0.25, 0.3) is 11.3 Å². The highest BCUT2D eigenvalue weighted by atomic mass is 16.4. The van der Waals surface area contributed by atoms with Gasteiger partial charge in [-0.3, -0.25) is 4.90 Å². The number of hydrogen-bond acceptors (Lipinski definition) is 6. The Bertz CT molecular complexity index is 833. The van der Waals surface area contributed by atoms with Crippen LogP contribution in [0.1, 0.15) is 31.5 Å². The minimum absolute atomic E-state index is 0.542. The predicted molar refractivity (Wildman–Crippen MR) is 105 cm³/mol. The van der Waals surface area contributed by atoms with Crippen molar-refractivity contribution in [2.75, 3.05) is 25.0 Å². The van der Waals surface area contributed by atoms with Gasteiger partial charge in [0.05, 0.1) is 12.8 Å². The molecule has 27 heavy (non-hydrogen) atoms. The summed E-state index contributed by atoms with van der Waals surface area (Å²) in [6.07, 6.45) is 4.76. The van der Waals surface area contributed by atoms with Crippen LogP contribution in [0.5, 0.6) is 0 Å². The van der Waals surface area contributed by atoms with Crippen LogP contribution >= 0.6 is 0 Å². The zero-order valence-corrected chi connectivity index (χ0v) is 16.0. The molecule has 0 bridgehead atoms. The Labute approximate surface area is 159 Å². The van der Waals surface area contributed by atoms with Crippen LogP contribution in [-0.2, 0) is 13.0 Å². The van der Waals surface area contributed by atoms with Crippen LogP contribution < -0.4 is 4.90 Å². The molecule has 3 aromatic rings. The van der Waals surface area contributed by atoms with Crippen LogP contribution in [0, 0.1) is 0 Å². The molecule has 1 fully saturated rings. The van der Waals surface area contributed by atoms with E-state index < -0.39 is 0 Å². The quantitative estimate of drug-likeness (QED) is 0.657. The molecule has 6 heteroatoms. The zero-order chi connectivity index (χ0) is 18.6. The van der Waals surface area contributed by atoms with Gasteiger partial charge in [-0.05, 0) is 56.3 Å². The maximum Gasteiger partial charge on any atom is 0.230 e. The minimum Gasteiger partial charge on any atom is -0.464 e. The molecule has 0 aliphatic carbocycles. The second-order valence-electron chi connectivity index (χ2n) is 7.10. The molecule has 0 atom stereocenters. The Morgan fingerprint density at radius 1 is 1.07 bits per heavy atom. The van der Waals surface area contributed by atoms with Crippen LogP contribution in [0.15, 0.2) is 51.5 Å². The molecule has 1 aliphatic heterocycles. The van der Waals surface area contributed by atoms with Gasteiger partial charge in [0.2, 0.25) is 11.8 Å². The lowest BCUT2D eigenvalue weighted by molar-refractivity contribution is 0.183. The Hall–Kier alpha value is -2.60. The molecule has 0 saturated carbocycles. The van der Waals surface area contributed by atoms with E-state index in [2.05, 4.69) is 51.3 Å². The van der Waals surface area contributed by atoms with E-state index in [-0.39, 0.29) is 0 Å². The number of rotatable bonds is 6. The topological polar surface area (TPSA) is 58.5 Å². The molecule has 0 spiro atoms. The number of hydrogen-bond donors (Lipinski definition) is 0. The molecule has 6 nitrogen and oxygen atoms in total. The summed E-state index contributed by atoms with van der Waals surface area (Å²) >= 11 is 0. The van der Waals surface area contributed by atoms with E-state index in [1.165, 1.54) is 5.69 Å². The molecule has 2 aromatic heterocycles. The van der Waals surface area contributed by atoms with Crippen molar-refractivity contribution in [3.05, 3.63) is 54.4 Å². The van der Waals surface area contributed by atoms with E-state index in [4.69, 9.17) is 8.83 Å². The lowest BCUT2D eigenvalue weighted by Gasteiger charge is -2.37. The summed E-state index contributed by atoms with van der Waals surface area (Å²) in [5.74, 6) is 2.34. The fourth-order valence-electron chi connectivity index (χ4n) is 3.68. The van der Waals surface area contributed by atoms with Gasteiger partial charge in [-0.25, -0.2) is 0 Å². The summed E-state index contributed by atoms with van der Waals surface area (Å²) in [7, 11) is 2.15. The van der Waals surface area contributed by atoms with Crippen molar-refractivity contribution in [2.24, 2.45) is 0 Å². The normalized spacial score (nSPS) is 15.6. The third-order valence-corrected chi connectivity index (χ3v) is 5.32. The number of nitrogens with zero attached hydrogens (tertiary/aromatic N) is 4. The number of aromatic nitrogens is 2. The molecule has 0 unspecified atom stereocenters. The van der Waals surface area contributed by atoms with Crippen LogP contribution in [0.3, 0.4) is 0 Å². The second-order valence-corrected chi connectivity index (χ2v) is 7.10. The van der Waals surface area contributed by atoms with Gasteiger partial charge < -0.3 is 13.7 Å². The summed E-state index contributed by atoms with van der Waals surface area (Å²) in [5, 5.41) is 8.19. The summed E-state index contributed by atoms with van der Waals surface area (Å²) in [5.41, 5.74) is 2.39. The van der Waals surface area contributed by atoms with E-state index in [0.29, 0.717) is 17.8 Å². The van der Waals surface area contributed by atoms with Crippen LogP contribution in [0.4, 0.5) is 5.69 Å². The average Bonchev–Trinajstić information content (AvgIpc) is 3.40. The smallest absolute Gasteiger partial charge is 0.230 e. The molecule has 1 aliphatic rings. The number of benzene rings is 1. The first-order chi connectivity index (χ1) is 13.2. The molecule has 0 N–H and O–H groups in total. The van der Waals surface area contributed by atoms with E-state index in [0.717, 1.165) is 50.2 Å². The van der Waals surface area contributed by atoms with Gasteiger partial charge in [0.1, 0.15) is 5.76 Å². The summed E-state index contributed by atoms with van der Waals surface area (Å²) < 4.78 is 11.1. The SMILES string of the molecule is CCc1nnc(CN(C)C2CCN(c3ccc(-c4ccco4)cc3)CC2)o1. The molecule has 0 amide bonds. The monoisotopic (exact) mass is 366 g/mol. The molecule has 142 valence electrons. The first-order valence-corrected chi connectivity index (χ1v) is 9.63. The number of aryl methyl sites for hydroxylation is 1. The van der Waals surface area contributed by atoms with Gasteiger partial charge in [-0.2, -0.15) is 0 Å². The van der Waals surface area contributed by atoms with E-state index in [1.54, 1.807) is 6.26 Å². The Morgan fingerprint density at radius 2 is 1.81 bits per heavy atom. The fraction of sp³-hybridized carbons (Fsp3) is 0.429. The minimum atomic E-state index is 0.542. The zero-order valence-electron chi connectivity index (χ0n) is 16.0. The van der Waals surface area contributed by atoms with Crippen molar-refractivity contribution < 1.29 is 8.83 Å². The van der Waals surface area contributed by atoms with Gasteiger partial charge in [-0.1, -0.05) is 6.92 Å². The molecule has 0 radical (unpaired) electrons. The van der Waals surface area contributed by atoms with Crippen molar-refractivity contribution in [3.8, 4) is 11.3 Å². The van der Waals surface area contributed by atoms with Gasteiger partial charge in [0, 0.05) is 36.8 Å². The first kappa shape index (κ1) is 17.8. The Morgan fingerprint density at radius 3 is 2.44 bits per heavy atom. The molecule has 3 heterocycles. The van der Waals surface area contributed by atoms with Gasteiger partial charge >= 0.3 is 0 Å². The van der Waals surface area contributed by atoms with Crippen molar-refractivity contribution in [1.29, 1.82) is 0 Å². The van der Waals surface area contributed by atoms with E-state index in [1.807, 2.05) is 19.1 Å². The number of piperidine rings is 1. The molecular weight excluding hydrogens is 340 g/mol. The summed E-state index contributed by atoms with van der Waals surface area (Å²) in [4.78, 5) is 4.79. The largest absolute Gasteiger partial charge is 0.464 e. The van der Waals surface area contributed by atoms with Crippen molar-refractivity contribution >= 4 is 5.69 Å². The Balaban J connectivity index is 1.31. The predicted octanol–water partition coefficient (Wildman–Crippen LogP) is 3.99. The molecular formula is C21H26N4O2. The lowest BCUT2D eigenvalue weighted by Crippen LogP contribution is -2.43. The van der Waals surface area contributed by atoms with Crippen LogP contribution in [0.2, 0.25) is 0 Å². The van der Waals surface area contributed by atoms with Crippen LogP contribution in [-0.4, -0.2) is 41.3 Å². The molecule has 1 saturated heterocycles. The van der Waals surface area contributed by atoms with Crippen molar-refractivity contribution in [1.82, 2.24) is 15.1 Å². The molecule has 4 rings (SSSR count). The molecule has 1 aromatic carbocycles. The number of anilines is 1. The van der Waals surface area contributed by atoms with E-state index in [9.17, 15) is 0 Å². The highest BCUT2D eigenvalue weighted by Gasteiger charge is 2.24. The van der Waals surface area contributed by atoms with Crippen molar-refractivity contribution in [3.63, 3.8) is 0 Å². The summed E-state index contributed by atoms with van der Waals surface area (Å²) in [6.45, 7) is 4.85. The highest BCUT2D eigenvalue weighted by Crippen LogP contribution is 2.26. The van der Waals surface area contributed by atoms with Gasteiger partial charge in [0.25, 0.3) is 0 Å². The highest BCUT2D eigenvalue weighted by molar-refractivity contribution is 5.61. The van der Waals surface area contributed by atoms with Gasteiger partial charge in [0.15, 0.2) is 0 Å². The standard InChI is InChI=1S/C21H26N4O2/c1-3-20-22-23-21(27-20)15-24(2)17-10-12-25(13-11-17)18-8-6-16(7-9-18)19-5-4-14-26-19/h4-9,14,17H,3,10-13,15H2,1-2H3. The summed E-state index contributed by atoms with van der Waals surface area (Å²) in [6, 6.07) is 13.1. The van der Waals surface area contributed by atoms with E-state index >= 15 is 0 Å². The first-order valence-electron chi connectivity index (χ1n) is 9.63. The average molecular weight is 366 g/mol. The third kappa shape index (κ3) is 4.06. The second kappa shape index (κ2) is 7.96. The van der Waals surface area contributed by atoms with Gasteiger partial charge in [-0.15, -0.1) is 10.2 Å². The Kier molecular flexibility index (Phi) is 5.25. The maximum absolute atomic E-state index is 5.64.